The van der Waals surface area contributed by atoms with Crippen LogP contribution in [-0.4, -0.2) is 52.3 Å². The van der Waals surface area contributed by atoms with Gasteiger partial charge in [0.15, 0.2) is 0 Å². The maximum Gasteiger partial charge on any atom is 0.107 e. The summed E-state index contributed by atoms with van der Waals surface area (Å²) >= 11 is 0. The molecule has 172 valence electrons. The number of rotatable bonds is 5. The molecule has 2 aliphatic heterocycles. The molecule has 2 aliphatic carbocycles. The quantitative estimate of drug-likeness (QED) is 0.594. The molecule has 3 heterocycles. The summed E-state index contributed by atoms with van der Waals surface area (Å²) in [4.78, 5) is 7.73. The van der Waals surface area contributed by atoms with Gasteiger partial charge in [0.05, 0.1) is 17.6 Å². The van der Waals surface area contributed by atoms with E-state index in [1.54, 1.807) is 0 Å². The molecule has 4 fully saturated rings. The number of ether oxygens (including phenoxy) is 1. The monoisotopic (exact) mass is 442 g/mol. The predicted molar refractivity (Wildman–Crippen MR) is 130 cm³/mol. The summed E-state index contributed by atoms with van der Waals surface area (Å²) in [6.07, 6.45) is 6.39. The van der Waals surface area contributed by atoms with E-state index in [1.165, 1.54) is 42.6 Å². The fourth-order valence-electron chi connectivity index (χ4n) is 7.67. The van der Waals surface area contributed by atoms with Crippen LogP contribution in [0.5, 0.6) is 0 Å². The Kier molecular flexibility index (Phi) is 4.52. The minimum absolute atomic E-state index is 0.197. The summed E-state index contributed by atoms with van der Waals surface area (Å²) in [5.74, 6) is 2.00. The van der Waals surface area contributed by atoms with Gasteiger partial charge in [0.1, 0.15) is 11.4 Å². The van der Waals surface area contributed by atoms with Crippen molar-refractivity contribution in [2.24, 2.45) is 5.92 Å². The number of likely N-dealkylation sites (tertiary alicyclic amines) is 1. The van der Waals surface area contributed by atoms with Gasteiger partial charge in [0, 0.05) is 37.3 Å². The van der Waals surface area contributed by atoms with Crippen LogP contribution in [0.3, 0.4) is 0 Å². The van der Waals surface area contributed by atoms with E-state index in [1.807, 2.05) is 0 Å². The van der Waals surface area contributed by atoms with Crippen LogP contribution in [0, 0.1) is 12.8 Å². The SMILES string of the molecule is Cc1nc2ccccc2n1[C@@H]1C[C@@H]2CCC23[C@H](C1)N3CCC1(c2ccccc2)CNCCO1. The van der Waals surface area contributed by atoms with Crippen LogP contribution in [0.2, 0.25) is 0 Å². The molecule has 33 heavy (non-hydrogen) atoms. The number of hydrogen-bond donors (Lipinski definition) is 1. The fraction of sp³-hybridized carbons (Fsp3) is 0.536. The number of nitrogens with one attached hydrogen (secondary N) is 1. The first-order chi connectivity index (χ1) is 16.2. The van der Waals surface area contributed by atoms with E-state index in [-0.39, 0.29) is 5.60 Å². The molecule has 1 N–H and O–H groups in total. The van der Waals surface area contributed by atoms with Crippen LogP contribution in [0.4, 0.5) is 0 Å². The minimum Gasteiger partial charge on any atom is -0.368 e. The van der Waals surface area contributed by atoms with E-state index in [4.69, 9.17) is 9.72 Å². The Bertz CT molecular complexity index is 1170. The first kappa shape index (κ1) is 20.2. The van der Waals surface area contributed by atoms with Gasteiger partial charge in [-0.3, -0.25) is 4.90 Å². The number of hydrogen-bond acceptors (Lipinski definition) is 4. The maximum atomic E-state index is 6.50. The van der Waals surface area contributed by atoms with Crippen molar-refractivity contribution in [2.45, 2.75) is 62.3 Å². The van der Waals surface area contributed by atoms with Gasteiger partial charge >= 0.3 is 0 Å². The van der Waals surface area contributed by atoms with E-state index in [0.717, 1.165) is 50.1 Å². The van der Waals surface area contributed by atoms with Crippen molar-refractivity contribution in [1.29, 1.82) is 0 Å². The Morgan fingerprint density at radius 3 is 2.73 bits per heavy atom. The topological polar surface area (TPSA) is 42.1 Å². The molecule has 3 unspecified atom stereocenters. The molecule has 2 aromatic carbocycles. The highest BCUT2D eigenvalue weighted by atomic mass is 16.5. The Balaban J connectivity index is 1.13. The van der Waals surface area contributed by atoms with Gasteiger partial charge in [-0.25, -0.2) is 4.98 Å². The molecule has 0 bridgehead atoms. The Labute approximate surface area is 196 Å². The molecular weight excluding hydrogens is 408 g/mol. The lowest BCUT2D eigenvalue weighted by Gasteiger charge is -2.44. The second-order valence-corrected chi connectivity index (χ2v) is 10.7. The lowest BCUT2D eigenvalue weighted by molar-refractivity contribution is -0.0796. The van der Waals surface area contributed by atoms with E-state index in [9.17, 15) is 0 Å². The third-order valence-corrected chi connectivity index (χ3v) is 9.33. The zero-order valence-electron chi connectivity index (χ0n) is 19.5. The average molecular weight is 443 g/mol. The van der Waals surface area contributed by atoms with Crippen molar-refractivity contribution in [3.63, 3.8) is 0 Å². The van der Waals surface area contributed by atoms with Crippen molar-refractivity contribution < 1.29 is 4.74 Å². The maximum absolute atomic E-state index is 6.50. The number of morpholine rings is 1. The standard InChI is InChI=1S/C28H34N4O/c1-20-30-24-9-5-6-10-25(24)32(20)23-17-22-11-12-28(22)26(18-23)31(28)15-13-27(19-29-14-16-33-27)21-7-3-2-4-8-21/h2-10,22-23,26,29H,11-19H2,1H3/t22-,23+,26-,27?,28?,31?/m0/s1. The number of nitrogens with zero attached hydrogens (tertiary/aromatic N) is 3. The van der Waals surface area contributed by atoms with Crippen LogP contribution in [0.25, 0.3) is 11.0 Å². The molecule has 1 spiro atoms. The first-order valence-corrected chi connectivity index (χ1v) is 12.8. The largest absolute Gasteiger partial charge is 0.368 e. The van der Waals surface area contributed by atoms with Crippen molar-refractivity contribution in [1.82, 2.24) is 19.8 Å². The molecule has 4 aliphatic rings. The Morgan fingerprint density at radius 2 is 1.94 bits per heavy atom. The summed E-state index contributed by atoms with van der Waals surface area (Å²) in [6, 6.07) is 20.8. The van der Waals surface area contributed by atoms with Crippen molar-refractivity contribution in [2.75, 3.05) is 26.2 Å². The van der Waals surface area contributed by atoms with E-state index >= 15 is 0 Å². The van der Waals surface area contributed by atoms with Crippen LogP contribution in [0.15, 0.2) is 54.6 Å². The fourth-order valence-corrected chi connectivity index (χ4v) is 7.67. The summed E-state index contributed by atoms with van der Waals surface area (Å²) in [5, 5.41) is 3.61. The molecule has 5 nitrogen and oxygen atoms in total. The molecule has 5 heteroatoms. The second-order valence-electron chi connectivity index (χ2n) is 10.7. The van der Waals surface area contributed by atoms with E-state index < -0.39 is 0 Å². The number of fused-ring (bicyclic) bond motifs is 1. The summed E-state index contributed by atoms with van der Waals surface area (Å²) < 4.78 is 9.05. The Hall–Kier alpha value is -2.21. The molecule has 2 saturated carbocycles. The van der Waals surface area contributed by atoms with E-state index in [2.05, 4.69) is 76.3 Å². The van der Waals surface area contributed by atoms with Crippen LogP contribution in [-0.2, 0) is 10.3 Å². The zero-order valence-corrected chi connectivity index (χ0v) is 19.5. The highest BCUT2D eigenvalue weighted by Crippen LogP contribution is 2.66. The molecule has 3 aromatic rings. The van der Waals surface area contributed by atoms with Gasteiger partial charge in [-0.1, -0.05) is 42.5 Å². The predicted octanol–water partition coefficient (Wildman–Crippen LogP) is 4.42. The van der Waals surface area contributed by atoms with Gasteiger partial charge in [0.25, 0.3) is 0 Å². The molecule has 6 atom stereocenters. The van der Waals surface area contributed by atoms with Crippen LogP contribution in [0.1, 0.15) is 49.5 Å². The average Bonchev–Trinajstić information content (AvgIpc) is 3.40. The van der Waals surface area contributed by atoms with Gasteiger partial charge in [0.2, 0.25) is 0 Å². The Morgan fingerprint density at radius 1 is 1.09 bits per heavy atom. The summed E-state index contributed by atoms with van der Waals surface area (Å²) in [5.41, 5.74) is 4.06. The number of para-hydroxylation sites is 2. The molecule has 0 amide bonds. The van der Waals surface area contributed by atoms with Gasteiger partial charge in [-0.2, -0.15) is 0 Å². The third kappa shape index (κ3) is 2.92. The highest BCUT2D eigenvalue weighted by Gasteiger charge is 2.72. The van der Waals surface area contributed by atoms with Crippen LogP contribution < -0.4 is 5.32 Å². The summed E-state index contributed by atoms with van der Waals surface area (Å²) in [7, 11) is 0. The molecule has 2 saturated heterocycles. The summed E-state index contributed by atoms with van der Waals surface area (Å²) in [6.45, 7) is 5.97. The zero-order chi connectivity index (χ0) is 22.0. The molecule has 0 radical (unpaired) electrons. The number of benzene rings is 2. The van der Waals surface area contributed by atoms with Gasteiger partial charge < -0.3 is 14.6 Å². The van der Waals surface area contributed by atoms with Gasteiger partial charge in [-0.05, 0) is 62.6 Å². The number of imidazole rings is 1. The van der Waals surface area contributed by atoms with Crippen LogP contribution >= 0.6 is 0 Å². The van der Waals surface area contributed by atoms with Crippen molar-refractivity contribution in [3.8, 4) is 0 Å². The lowest BCUT2D eigenvalue weighted by atomic mass is 9.63. The molecule has 1 aromatic heterocycles. The molecular formula is C28H34N4O. The number of aromatic nitrogens is 2. The second kappa shape index (κ2) is 7.39. The lowest BCUT2D eigenvalue weighted by Crippen LogP contribution is -2.49. The molecule has 7 rings (SSSR count). The van der Waals surface area contributed by atoms with Crippen molar-refractivity contribution in [3.05, 3.63) is 66.0 Å². The third-order valence-electron chi connectivity index (χ3n) is 9.33. The first-order valence-electron chi connectivity index (χ1n) is 12.8. The minimum atomic E-state index is -0.197. The highest BCUT2D eigenvalue weighted by molar-refractivity contribution is 5.76. The van der Waals surface area contributed by atoms with Gasteiger partial charge in [-0.15, -0.1) is 0 Å². The van der Waals surface area contributed by atoms with E-state index in [0.29, 0.717) is 11.6 Å². The number of aryl methyl sites for hydroxylation is 1. The smallest absolute Gasteiger partial charge is 0.107 e. The van der Waals surface area contributed by atoms with Crippen molar-refractivity contribution >= 4 is 11.0 Å². The normalized spacial score (nSPS) is 37.2.